The van der Waals surface area contributed by atoms with Crippen molar-refractivity contribution in [3.8, 4) is 23.0 Å². The molecule has 0 fully saturated rings. The fourth-order valence-electron chi connectivity index (χ4n) is 4.03. The molecule has 3 aromatic carbocycles. The molecule has 0 bridgehead atoms. The second kappa shape index (κ2) is 17.8. The van der Waals surface area contributed by atoms with Gasteiger partial charge in [0.15, 0.2) is 0 Å². The molecule has 0 aromatic heterocycles. The quantitative estimate of drug-likeness (QED) is 0.0672. The highest BCUT2D eigenvalue weighted by Gasteiger charge is 2.16. The van der Waals surface area contributed by atoms with Crippen LogP contribution in [0.5, 0.6) is 23.0 Å². The summed E-state index contributed by atoms with van der Waals surface area (Å²) >= 11 is 0. The lowest BCUT2D eigenvalue weighted by atomic mass is 10.1. The fourth-order valence-corrected chi connectivity index (χ4v) is 4.03. The van der Waals surface area contributed by atoms with Gasteiger partial charge in [0.25, 0.3) is 0 Å². The Kier molecular flexibility index (Phi) is 13.6. The number of unbranched alkanes of at least 4 members (excludes halogenated alkanes) is 3. The van der Waals surface area contributed by atoms with Crippen LogP contribution in [0.15, 0.2) is 91.5 Å². The Balaban J connectivity index is 1.50. The Morgan fingerprint density at radius 2 is 1.29 bits per heavy atom. The van der Waals surface area contributed by atoms with Crippen LogP contribution in [-0.2, 0) is 20.7 Å². The first kappa shape index (κ1) is 34.3. The summed E-state index contributed by atoms with van der Waals surface area (Å²) in [5.41, 5.74) is 1.62. The molecular weight excluding hydrogens is 576 g/mol. The van der Waals surface area contributed by atoms with Crippen LogP contribution < -0.4 is 18.9 Å². The molecule has 0 spiro atoms. The van der Waals surface area contributed by atoms with E-state index in [2.05, 4.69) is 13.2 Å². The van der Waals surface area contributed by atoms with E-state index in [0.29, 0.717) is 48.0 Å². The summed E-state index contributed by atoms with van der Waals surface area (Å²) in [7, 11) is 0. The van der Waals surface area contributed by atoms with E-state index in [1.807, 2.05) is 6.92 Å². The summed E-state index contributed by atoms with van der Waals surface area (Å²) in [6, 6.07) is 17.6. The minimum atomic E-state index is -0.580. The largest absolute Gasteiger partial charge is 0.494 e. The van der Waals surface area contributed by atoms with Crippen LogP contribution in [0.2, 0.25) is 0 Å². The zero-order chi connectivity index (χ0) is 32.6. The molecule has 0 unspecified atom stereocenters. The Bertz CT molecular complexity index is 1490. The monoisotopic (exact) mass is 614 g/mol. The van der Waals surface area contributed by atoms with Crippen molar-refractivity contribution in [2.75, 3.05) is 13.2 Å². The molecule has 9 heteroatoms. The maximum absolute atomic E-state index is 12.8. The molecule has 236 valence electrons. The molecule has 0 radical (unpaired) electrons. The third-order valence-corrected chi connectivity index (χ3v) is 6.42. The summed E-state index contributed by atoms with van der Waals surface area (Å²) in [6.07, 6.45) is 6.03. The second-order valence-corrected chi connectivity index (χ2v) is 10.2. The maximum atomic E-state index is 12.8. The van der Waals surface area contributed by atoms with Crippen molar-refractivity contribution in [2.45, 2.75) is 52.4 Å². The van der Waals surface area contributed by atoms with Crippen molar-refractivity contribution in [3.05, 3.63) is 108 Å². The lowest BCUT2D eigenvalue weighted by Crippen LogP contribution is -2.12. The molecule has 0 aliphatic heterocycles. The van der Waals surface area contributed by atoms with Crippen molar-refractivity contribution in [3.63, 3.8) is 0 Å². The highest BCUT2D eigenvalue weighted by atomic mass is 16.5. The molecule has 9 nitrogen and oxygen atoms in total. The van der Waals surface area contributed by atoms with Crippen LogP contribution in [0.4, 0.5) is 0 Å². The summed E-state index contributed by atoms with van der Waals surface area (Å²) in [6.45, 7) is 11.3. The molecule has 0 heterocycles. The number of esters is 4. The van der Waals surface area contributed by atoms with E-state index in [9.17, 15) is 19.2 Å². The summed E-state index contributed by atoms with van der Waals surface area (Å²) in [5, 5.41) is 0. The number of carbonyl (C=O) groups excluding carboxylic acids is 4. The molecular formula is C36H38O9. The molecule has 3 aromatic rings. The normalized spacial score (nSPS) is 10.4. The average Bonchev–Trinajstić information content (AvgIpc) is 3.04. The molecule has 0 saturated heterocycles. The number of benzene rings is 3. The highest BCUT2D eigenvalue weighted by molar-refractivity contribution is 5.92. The Hall–Kier alpha value is -5.18. The SMILES string of the molecule is C=CC(=O)OCCCCCCOc1ccc(C(=O)Oc2ccc(OC(=O)c3ccc(OC(=O)C(=C)C)cc3)c(CCC)c2)cc1. The van der Waals surface area contributed by atoms with E-state index >= 15 is 0 Å². The minimum Gasteiger partial charge on any atom is -0.494 e. The van der Waals surface area contributed by atoms with Gasteiger partial charge < -0.3 is 23.7 Å². The topological polar surface area (TPSA) is 114 Å². The van der Waals surface area contributed by atoms with Crippen LogP contribution >= 0.6 is 0 Å². The van der Waals surface area contributed by atoms with Crippen LogP contribution in [0.25, 0.3) is 0 Å². The van der Waals surface area contributed by atoms with Gasteiger partial charge in [-0.15, -0.1) is 0 Å². The summed E-state index contributed by atoms with van der Waals surface area (Å²) < 4.78 is 27.1. The average molecular weight is 615 g/mol. The first-order chi connectivity index (χ1) is 21.7. The lowest BCUT2D eigenvalue weighted by Gasteiger charge is -2.12. The van der Waals surface area contributed by atoms with Gasteiger partial charge in [-0.3, -0.25) is 0 Å². The minimum absolute atomic E-state index is 0.265. The van der Waals surface area contributed by atoms with Gasteiger partial charge in [0, 0.05) is 11.6 Å². The standard InChI is InChI=1S/C36H38O9/c1-5-11-28-24-31(20-21-32(28)45-36(40)27-14-18-30(19-15-27)43-34(38)25(3)4)44-35(39)26-12-16-29(17-13-26)41-22-9-7-8-10-23-42-33(37)6-2/h6,12-21,24H,2-3,5,7-11,22-23H2,1,4H3. The molecule has 0 aliphatic carbocycles. The maximum Gasteiger partial charge on any atom is 0.343 e. The fraction of sp³-hybridized carbons (Fsp3) is 0.278. The molecule has 45 heavy (non-hydrogen) atoms. The van der Waals surface area contributed by atoms with E-state index in [1.54, 1.807) is 49.4 Å². The molecule has 0 amide bonds. The van der Waals surface area contributed by atoms with Crippen LogP contribution in [0.1, 0.15) is 72.2 Å². The first-order valence-electron chi connectivity index (χ1n) is 14.8. The van der Waals surface area contributed by atoms with E-state index in [0.717, 1.165) is 38.2 Å². The Labute approximate surface area is 263 Å². The van der Waals surface area contributed by atoms with E-state index in [4.69, 9.17) is 23.7 Å². The third-order valence-electron chi connectivity index (χ3n) is 6.42. The molecule has 0 saturated carbocycles. The van der Waals surface area contributed by atoms with E-state index in [1.165, 1.54) is 24.3 Å². The highest BCUT2D eigenvalue weighted by Crippen LogP contribution is 2.28. The number of hydrogen-bond acceptors (Lipinski definition) is 9. The van der Waals surface area contributed by atoms with Crippen molar-refractivity contribution in [1.29, 1.82) is 0 Å². The van der Waals surface area contributed by atoms with Gasteiger partial charge in [-0.2, -0.15) is 0 Å². The number of rotatable bonds is 17. The van der Waals surface area contributed by atoms with E-state index in [-0.39, 0.29) is 16.9 Å². The number of aryl methyl sites for hydroxylation is 1. The van der Waals surface area contributed by atoms with Gasteiger partial charge in [-0.1, -0.05) is 26.5 Å². The number of ether oxygens (including phenoxy) is 5. The summed E-state index contributed by atoms with van der Waals surface area (Å²) in [5.74, 6) is -0.456. The van der Waals surface area contributed by atoms with Crippen molar-refractivity contribution in [1.82, 2.24) is 0 Å². The smallest absolute Gasteiger partial charge is 0.343 e. The van der Waals surface area contributed by atoms with Crippen molar-refractivity contribution < 1.29 is 42.9 Å². The second-order valence-electron chi connectivity index (χ2n) is 10.2. The van der Waals surface area contributed by atoms with Gasteiger partial charge in [-0.25, -0.2) is 19.2 Å². The predicted octanol–water partition coefficient (Wildman–Crippen LogP) is 7.23. The van der Waals surface area contributed by atoms with Crippen molar-refractivity contribution >= 4 is 23.9 Å². The van der Waals surface area contributed by atoms with Crippen molar-refractivity contribution in [2.24, 2.45) is 0 Å². The summed E-state index contributed by atoms with van der Waals surface area (Å²) in [4.78, 5) is 48.3. The zero-order valence-electron chi connectivity index (χ0n) is 25.7. The van der Waals surface area contributed by atoms with Crippen LogP contribution in [0, 0.1) is 0 Å². The van der Waals surface area contributed by atoms with E-state index < -0.39 is 23.9 Å². The lowest BCUT2D eigenvalue weighted by molar-refractivity contribution is -0.137. The first-order valence-corrected chi connectivity index (χ1v) is 14.8. The third kappa shape index (κ3) is 11.4. The van der Waals surface area contributed by atoms with Gasteiger partial charge in [-0.05, 0) is 111 Å². The van der Waals surface area contributed by atoms with Crippen LogP contribution in [-0.4, -0.2) is 37.1 Å². The molecule has 3 rings (SSSR count). The Morgan fingerprint density at radius 3 is 1.89 bits per heavy atom. The van der Waals surface area contributed by atoms with Gasteiger partial charge >= 0.3 is 23.9 Å². The zero-order valence-corrected chi connectivity index (χ0v) is 25.7. The Morgan fingerprint density at radius 1 is 0.711 bits per heavy atom. The number of carbonyl (C=O) groups is 4. The van der Waals surface area contributed by atoms with Crippen LogP contribution in [0.3, 0.4) is 0 Å². The van der Waals surface area contributed by atoms with Gasteiger partial charge in [0.1, 0.15) is 23.0 Å². The molecule has 0 aliphatic rings. The molecule has 0 atom stereocenters. The van der Waals surface area contributed by atoms with Gasteiger partial charge in [0.05, 0.1) is 24.3 Å². The molecule has 0 N–H and O–H groups in total. The number of hydrogen-bond donors (Lipinski definition) is 0. The predicted molar refractivity (Wildman–Crippen MR) is 169 cm³/mol. The van der Waals surface area contributed by atoms with Gasteiger partial charge in [0.2, 0.25) is 0 Å².